The zero-order valence-electron chi connectivity index (χ0n) is 5.51. The highest BCUT2D eigenvalue weighted by Gasteiger charge is 1.94. The van der Waals surface area contributed by atoms with Crippen molar-refractivity contribution in [2.24, 2.45) is 10.7 Å². The van der Waals surface area contributed by atoms with Crippen LogP contribution in [0.4, 0.5) is 0 Å². The molecule has 2 nitrogen and oxygen atoms in total. The molecule has 0 aliphatic heterocycles. The van der Waals surface area contributed by atoms with Gasteiger partial charge in [-0.15, -0.1) is 0 Å². The molecular formula is C5H12N2S. The van der Waals surface area contributed by atoms with Crippen LogP contribution in [0.2, 0.25) is 0 Å². The lowest BCUT2D eigenvalue weighted by atomic mass is 10.8. The predicted octanol–water partition coefficient (Wildman–Crippen LogP) is 1.07. The van der Waals surface area contributed by atoms with Gasteiger partial charge >= 0.3 is 0 Å². The lowest BCUT2D eigenvalue weighted by Crippen LogP contribution is -2.11. The van der Waals surface area contributed by atoms with Crippen LogP contribution < -0.4 is 5.73 Å². The first-order valence-corrected chi connectivity index (χ1v) is 3.40. The molecule has 2 N–H and O–H groups in total. The Labute approximate surface area is 54.6 Å². The summed E-state index contributed by atoms with van der Waals surface area (Å²) in [5, 5.41) is 1.21. The maximum Gasteiger partial charge on any atom is 0.0656 e. The first kappa shape index (κ1) is 7.98. The number of nitrogens with two attached hydrogens (primary N) is 1. The number of nitrogens with zero attached hydrogens (tertiary/aromatic N) is 1. The Kier molecular flexibility index (Phi) is 3.91. The molecule has 0 rings (SSSR count). The molecule has 8 heavy (non-hydrogen) atoms. The molecule has 3 heteroatoms. The van der Waals surface area contributed by atoms with Crippen LogP contribution in [0.25, 0.3) is 0 Å². The van der Waals surface area contributed by atoms with Gasteiger partial charge in [-0.3, -0.25) is 4.99 Å². The van der Waals surface area contributed by atoms with Gasteiger partial charge in [0, 0.05) is 7.05 Å². The Bertz CT molecular complexity index is 88.4. The van der Waals surface area contributed by atoms with Crippen LogP contribution in [0, 0.1) is 0 Å². The number of rotatable bonds is 1. The zero-order valence-corrected chi connectivity index (χ0v) is 6.33. The standard InChI is InChI=1S/C5H12N2S/c1-4(6)8-5(2)7-3/h4H,6H2,1-3H3. The molecule has 0 aromatic carbocycles. The van der Waals surface area contributed by atoms with Crippen LogP contribution in [0.5, 0.6) is 0 Å². The number of thioether (sulfide) groups is 1. The summed E-state index contributed by atoms with van der Waals surface area (Å²) in [6.07, 6.45) is 0. The molecule has 0 saturated carbocycles. The van der Waals surface area contributed by atoms with Crippen LogP contribution in [0.1, 0.15) is 13.8 Å². The molecular weight excluding hydrogens is 120 g/mol. The average Bonchev–Trinajstić information content (AvgIpc) is 1.65. The van der Waals surface area contributed by atoms with Gasteiger partial charge in [-0.25, -0.2) is 0 Å². The van der Waals surface area contributed by atoms with Crippen molar-refractivity contribution in [3.8, 4) is 0 Å². The highest BCUT2D eigenvalue weighted by atomic mass is 32.2. The van der Waals surface area contributed by atoms with Crippen LogP contribution in [-0.2, 0) is 0 Å². The summed E-state index contributed by atoms with van der Waals surface area (Å²) in [6.45, 7) is 3.90. The van der Waals surface area contributed by atoms with E-state index in [-0.39, 0.29) is 5.37 Å². The van der Waals surface area contributed by atoms with Gasteiger partial charge in [0.05, 0.1) is 10.4 Å². The van der Waals surface area contributed by atoms with Gasteiger partial charge in [-0.05, 0) is 13.8 Å². The third kappa shape index (κ3) is 4.15. The molecule has 0 aliphatic rings. The van der Waals surface area contributed by atoms with E-state index < -0.39 is 0 Å². The summed E-state index contributed by atoms with van der Waals surface area (Å²) >= 11 is 1.58. The molecule has 0 aromatic rings. The molecule has 0 bridgehead atoms. The minimum Gasteiger partial charge on any atom is -0.319 e. The fourth-order valence-electron chi connectivity index (χ4n) is 0.322. The minimum atomic E-state index is 0.165. The van der Waals surface area contributed by atoms with E-state index in [1.54, 1.807) is 18.8 Å². The van der Waals surface area contributed by atoms with Crippen molar-refractivity contribution < 1.29 is 0 Å². The number of hydrogen-bond acceptors (Lipinski definition) is 3. The fraction of sp³-hybridized carbons (Fsp3) is 0.800. The molecule has 48 valence electrons. The lowest BCUT2D eigenvalue weighted by molar-refractivity contribution is 1.05. The van der Waals surface area contributed by atoms with E-state index in [9.17, 15) is 0 Å². The smallest absolute Gasteiger partial charge is 0.0656 e. The first-order valence-electron chi connectivity index (χ1n) is 2.52. The van der Waals surface area contributed by atoms with E-state index in [0.717, 1.165) is 5.04 Å². The van der Waals surface area contributed by atoms with Crippen molar-refractivity contribution in [1.82, 2.24) is 0 Å². The first-order chi connectivity index (χ1) is 3.66. The van der Waals surface area contributed by atoms with Gasteiger partial charge in [-0.2, -0.15) is 0 Å². The summed E-state index contributed by atoms with van der Waals surface area (Å²) in [5.41, 5.74) is 5.45. The van der Waals surface area contributed by atoms with E-state index in [1.165, 1.54) is 0 Å². The molecule has 1 unspecified atom stereocenters. The van der Waals surface area contributed by atoms with E-state index in [2.05, 4.69) is 4.99 Å². The Morgan fingerprint density at radius 1 is 1.75 bits per heavy atom. The maximum absolute atomic E-state index is 5.45. The molecule has 0 heterocycles. The Balaban J connectivity index is 3.39. The average molecular weight is 132 g/mol. The second kappa shape index (κ2) is 3.92. The highest BCUT2D eigenvalue weighted by molar-refractivity contribution is 8.14. The summed E-state index contributed by atoms with van der Waals surface area (Å²) < 4.78 is 0. The SMILES string of the molecule is CN=C(C)SC(C)N. The third-order valence-corrected chi connectivity index (χ3v) is 1.57. The van der Waals surface area contributed by atoms with E-state index in [1.807, 2.05) is 13.8 Å². The molecule has 0 saturated heterocycles. The van der Waals surface area contributed by atoms with Crippen molar-refractivity contribution in [1.29, 1.82) is 0 Å². The van der Waals surface area contributed by atoms with Crippen molar-refractivity contribution in [3.63, 3.8) is 0 Å². The largest absolute Gasteiger partial charge is 0.319 e. The van der Waals surface area contributed by atoms with Crippen LogP contribution in [0.3, 0.4) is 0 Å². The van der Waals surface area contributed by atoms with Crippen LogP contribution in [0.15, 0.2) is 4.99 Å². The summed E-state index contributed by atoms with van der Waals surface area (Å²) in [4.78, 5) is 3.93. The van der Waals surface area contributed by atoms with E-state index in [4.69, 9.17) is 5.73 Å². The minimum absolute atomic E-state index is 0.165. The Morgan fingerprint density at radius 2 is 2.25 bits per heavy atom. The Morgan fingerprint density at radius 3 is 2.38 bits per heavy atom. The highest BCUT2D eigenvalue weighted by Crippen LogP contribution is 2.05. The quantitative estimate of drug-likeness (QED) is 0.329. The van der Waals surface area contributed by atoms with Crippen molar-refractivity contribution in [3.05, 3.63) is 0 Å². The van der Waals surface area contributed by atoms with Crippen molar-refractivity contribution in [2.75, 3.05) is 7.05 Å². The van der Waals surface area contributed by atoms with Gasteiger partial charge in [0.1, 0.15) is 0 Å². The zero-order chi connectivity index (χ0) is 6.57. The van der Waals surface area contributed by atoms with Gasteiger partial charge in [-0.1, -0.05) is 11.8 Å². The van der Waals surface area contributed by atoms with Gasteiger partial charge < -0.3 is 5.73 Å². The van der Waals surface area contributed by atoms with Gasteiger partial charge in [0.15, 0.2) is 0 Å². The number of aliphatic imine (C=N–C) groups is 1. The monoisotopic (exact) mass is 132 g/mol. The number of hydrogen-bond donors (Lipinski definition) is 1. The van der Waals surface area contributed by atoms with Crippen LogP contribution in [-0.4, -0.2) is 17.5 Å². The van der Waals surface area contributed by atoms with Crippen LogP contribution >= 0.6 is 11.8 Å². The molecule has 0 aromatic heterocycles. The summed E-state index contributed by atoms with van der Waals surface area (Å²) in [7, 11) is 1.77. The second-order valence-electron chi connectivity index (χ2n) is 1.57. The van der Waals surface area contributed by atoms with E-state index >= 15 is 0 Å². The summed E-state index contributed by atoms with van der Waals surface area (Å²) in [6, 6.07) is 0. The molecule has 0 aliphatic carbocycles. The van der Waals surface area contributed by atoms with E-state index in [0.29, 0.717) is 0 Å². The lowest BCUT2D eigenvalue weighted by Gasteiger charge is -2.00. The predicted molar refractivity (Wildman–Crippen MR) is 40.3 cm³/mol. The molecule has 0 spiro atoms. The third-order valence-electron chi connectivity index (χ3n) is 0.671. The molecule has 0 radical (unpaired) electrons. The Hall–Kier alpha value is -0.0200. The molecule has 0 amide bonds. The summed E-state index contributed by atoms with van der Waals surface area (Å²) in [5.74, 6) is 0. The van der Waals surface area contributed by atoms with Gasteiger partial charge in [0.25, 0.3) is 0 Å². The fourth-order valence-corrected chi connectivity index (χ4v) is 0.965. The van der Waals surface area contributed by atoms with Crippen molar-refractivity contribution in [2.45, 2.75) is 19.2 Å². The topological polar surface area (TPSA) is 38.4 Å². The molecule has 1 atom stereocenters. The maximum atomic E-state index is 5.45. The van der Waals surface area contributed by atoms with Gasteiger partial charge in [0.2, 0.25) is 0 Å². The molecule has 0 fully saturated rings. The van der Waals surface area contributed by atoms with Crippen molar-refractivity contribution >= 4 is 16.8 Å². The second-order valence-corrected chi connectivity index (χ2v) is 3.14. The normalized spacial score (nSPS) is 16.2.